The highest BCUT2D eigenvalue weighted by Crippen LogP contribution is 2.31. The quantitative estimate of drug-likeness (QED) is 0.568. The molecule has 0 aliphatic rings. The molecule has 0 saturated heterocycles. The number of H-pyrrole nitrogens is 1. The van der Waals surface area contributed by atoms with E-state index in [0.717, 1.165) is 6.20 Å². The molecule has 3 nitrogen and oxygen atoms in total. The van der Waals surface area contributed by atoms with Gasteiger partial charge in [-0.25, -0.2) is 8.78 Å². The summed E-state index contributed by atoms with van der Waals surface area (Å²) < 4.78 is 26.9. The number of benzene rings is 1. The first-order valence-electron chi connectivity index (χ1n) is 4.08. The summed E-state index contributed by atoms with van der Waals surface area (Å²) in [5.41, 5.74) is 3.39. The molecule has 1 aromatic heterocycles. The van der Waals surface area contributed by atoms with Crippen LogP contribution in [0.25, 0.3) is 10.9 Å². The van der Waals surface area contributed by atoms with Crippen molar-refractivity contribution in [1.29, 1.82) is 0 Å². The maximum Gasteiger partial charge on any atom is 0.209 e. The number of aromatic nitrogens is 1. The monoisotopic (exact) mass is 264 g/mol. The van der Waals surface area contributed by atoms with E-state index in [-0.39, 0.29) is 15.9 Å². The SMILES string of the molecule is Nc1c(F)c(Cl)c2c(=O)c(Cl)c[nH]c2c1F. The molecule has 0 radical (unpaired) electrons. The molecule has 0 aliphatic carbocycles. The zero-order valence-electron chi connectivity index (χ0n) is 7.57. The van der Waals surface area contributed by atoms with Gasteiger partial charge in [0.2, 0.25) is 5.43 Å². The maximum atomic E-state index is 13.5. The molecule has 0 atom stereocenters. The lowest BCUT2D eigenvalue weighted by Crippen LogP contribution is -2.08. The third kappa shape index (κ3) is 1.36. The Morgan fingerprint density at radius 2 is 1.88 bits per heavy atom. The summed E-state index contributed by atoms with van der Waals surface area (Å²) >= 11 is 11.1. The second-order valence-corrected chi connectivity index (χ2v) is 3.86. The van der Waals surface area contributed by atoms with Gasteiger partial charge in [0.25, 0.3) is 0 Å². The number of fused-ring (bicyclic) bond motifs is 1. The molecule has 0 saturated carbocycles. The van der Waals surface area contributed by atoms with E-state index in [1.807, 2.05) is 0 Å². The van der Waals surface area contributed by atoms with E-state index >= 15 is 0 Å². The van der Waals surface area contributed by atoms with Gasteiger partial charge in [0, 0.05) is 6.20 Å². The van der Waals surface area contributed by atoms with E-state index in [1.54, 1.807) is 0 Å². The van der Waals surface area contributed by atoms with Gasteiger partial charge >= 0.3 is 0 Å². The predicted molar refractivity (Wildman–Crippen MR) is 58.9 cm³/mol. The molecule has 1 aromatic carbocycles. The molecule has 0 spiro atoms. The molecule has 0 aliphatic heterocycles. The van der Waals surface area contributed by atoms with E-state index < -0.39 is 27.8 Å². The number of rotatable bonds is 0. The van der Waals surface area contributed by atoms with E-state index in [2.05, 4.69) is 4.98 Å². The van der Waals surface area contributed by atoms with Gasteiger partial charge in [-0.15, -0.1) is 0 Å². The first kappa shape index (κ1) is 11.2. The highest BCUT2D eigenvalue weighted by atomic mass is 35.5. The first-order valence-corrected chi connectivity index (χ1v) is 4.83. The van der Waals surface area contributed by atoms with Crippen LogP contribution in [0, 0.1) is 11.6 Å². The number of aromatic amines is 1. The van der Waals surface area contributed by atoms with Crippen LogP contribution in [0.1, 0.15) is 0 Å². The Labute approximate surface area is 97.8 Å². The molecule has 84 valence electrons. The summed E-state index contributed by atoms with van der Waals surface area (Å²) in [6, 6.07) is 0. The topological polar surface area (TPSA) is 58.9 Å². The second kappa shape index (κ2) is 3.61. The Morgan fingerprint density at radius 3 is 2.50 bits per heavy atom. The normalized spacial score (nSPS) is 11.0. The fourth-order valence-corrected chi connectivity index (χ4v) is 1.78. The number of halogens is 4. The standard InChI is InChI=1S/C9H4Cl2F2N2O/c10-2-1-15-8-3(9(2)16)4(11)5(12)7(14)6(8)13/h1H,14H2,(H,15,16). The maximum absolute atomic E-state index is 13.5. The molecule has 0 fully saturated rings. The van der Waals surface area contributed by atoms with Gasteiger partial charge in [-0.1, -0.05) is 23.2 Å². The highest BCUT2D eigenvalue weighted by Gasteiger charge is 2.20. The Morgan fingerprint density at radius 1 is 1.25 bits per heavy atom. The minimum Gasteiger partial charge on any atom is -0.394 e. The molecule has 0 amide bonds. The molecule has 2 rings (SSSR count). The third-order valence-corrected chi connectivity index (χ3v) is 2.78. The van der Waals surface area contributed by atoms with E-state index in [9.17, 15) is 13.6 Å². The summed E-state index contributed by atoms with van der Waals surface area (Å²) in [5.74, 6) is -2.23. The Balaban J connectivity index is 3.15. The summed E-state index contributed by atoms with van der Waals surface area (Å²) in [5, 5.41) is -1.10. The van der Waals surface area contributed by atoms with Crippen LogP contribution in [0.5, 0.6) is 0 Å². The predicted octanol–water partition coefficient (Wildman–Crippen LogP) is 2.70. The number of hydrogen-bond acceptors (Lipinski definition) is 2. The number of anilines is 1. The largest absolute Gasteiger partial charge is 0.394 e. The van der Waals surface area contributed by atoms with Crippen molar-refractivity contribution in [1.82, 2.24) is 4.98 Å². The summed E-state index contributed by atoms with van der Waals surface area (Å²) in [6.45, 7) is 0. The third-order valence-electron chi connectivity index (χ3n) is 2.14. The summed E-state index contributed by atoms with van der Waals surface area (Å²) in [7, 11) is 0. The van der Waals surface area contributed by atoms with Crippen molar-refractivity contribution in [3.05, 3.63) is 38.1 Å². The van der Waals surface area contributed by atoms with E-state index in [4.69, 9.17) is 28.9 Å². The Kier molecular flexibility index (Phi) is 2.52. The van der Waals surface area contributed by atoms with Gasteiger partial charge in [0.05, 0.1) is 15.9 Å². The first-order chi connectivity index (χ1) is 7.45. The van der Waals surface area contributed by atoms with Gasteiger partial charge in [-0.2, -0.15) is 0 Å². The van der Waals surface area contributed by atoms with Crippen LogP contribution in [0.2, 0.25) is 10.0 Å². The van der Waals surface area contributed by atoms with Crippen molar-refractivity contribution < 1.29 is 8.78 Å². The average Bonchev–Trinajstić information content (AvgIpc) is 2.27. The van der Waals surface area contributed by atoms with Gasteiger partial charge in [-0.05, 0) is 0 Å². The lowest BCUT2D eigenvalue weighted by Gasteiger charge is -2.06. The van der Waals surface area contributed by atoms with Gasteiger partial charge < -0.3 is 10.7 Å². The fourth-order valence-electron chi connectivity index (χ4n) is 1.35. The van der Waals surface area contributed by atoms with Crippen molar-refractivity contribution in [3.8, 4) is 0 Å². The lowest BCUT2D eigenvalue weighted by atomic mass is 10.1. The molecule has 1 heterocycles. The van der Waals surface area contributed by atoms with E-state index in [0.29, 0.717) is 0 Å². The molecule has 16 heavy (non-hydrogen) atoms. The van der Waals surface area contributed by atoms with Crippen LogP contribution in [-0.4, -0.2) is 4.98 Å². The second-order valence-electron chi connectivity index (χ2n) is 3.07. The lowest BCUT2D eigenvalue weighted by molar-refractivity contribution is 0.599. The average molecular weight is 265 g/mol. The zero-order valence-corrected chi connectivity index (χ0v) is 9.09. The van der Waals surface area contributed by atoms with Crippen LogP contribution in [0.3, 0.4) is 0 Å². The van der Waals surface area contributed by atoms with Crippen molar-refractivity contribution in [2.45, 2.75) is 0 Å². The van der Waals surface area contributed by atoms with E-state index in [1.165, 1.54) is 0 Å². The Hall–Kier alpha value is -1.33. The Bertz CT molecular complexity index is 654. The molecule has 7 heteroatoms. The van der Waals surface area contributed by atoms with Crippen LogP contribution < -0.4 is 11.2 Å². The minimum absolute atomic E-state index is 0.210. The highest BCUT2D eigenvalue weighted by molar-refractivity contribution is 6.37. The van der Waals surface area contributed by atoms with Crippen LogP contribution in [0.4, 0.5) is 14.5 Å². The van der Waals surface area contributed by atoms with Gasteiger partial charge in [-0.3, -0.25) is 4.79 Å². The molecular weight excluding hydrogens is 261 g/mol. The van der Waals surface area contributed by atoms with Crippen LogP contribution in [-0.2, 0) is 0 Å². The van der Waals surface area contributed by atoms with Crippen molar-refractivity contribution in [3.63, 3.8) is 0 Å². The van der Waals surface area contributed by atoms with Crippen LogP contribution in [0.15, 0.2) is 11.0 Å². The summed E-state index contributed by atoms with van der Waals surface area (Å²) in [6.07, 6.45) is 1.09. The van der Waals surface area contributed by atoms with Crippen molar-refractivity contribution in [2.75, 3.05) is 5.73 Å². The fraction of sp³-hybridized carbons (Fsp3) is 0. The number of nitrogen functional groups attached to an aromatic ring is 1. The number of nitrogens with one attached hydrogen (secondary N) is 1. The molecular formula is C9H4Cl2F2N2O. The zero-order chi connectivity index (χ0) is 12.0. The molecule has 0 bridgehead atoms. The molecule has 2 aromatic rings. The smallest absolute Gasteiger partial charge is 0.209 e. The molecule has 3 N–H and O–H groups in total. The minimum atomic E-state index is -1.17. The summed E-state index contributed by atoms with van der Waals surface area (Å²) in [4.78, 5) is 14.0. The molecule has 0 unspecified atom stereocenters. The number of nitrogens with two attached hydrogens (primary N) is 1. The van der Waals surface area contributed by atoms with Crippen LogP contribution >= 0.6 is 23.2 Å². The van der Waals surface area contributed by atoms with Gasteiger partial charge in [0.15, 0.2) is 11.6 Å². The number of hydrogen-bond donors (Lipinski definition) is 2. The van der Waals surface area contributed by atoms with Crippen molar-refractivity contribution >= 4 is 39.8 Å². The van der Waals surface area contributed by atoms with Crippen molar-refractivity contribution in [2.24, 2.45) is 0 Å². The van der Waals surface area contributed by atoms with Gasteiger partial charge in [0.1, 0.15) is 10.7 Å². The number of pyridine rings is 1.